The van der Waals surface area contributed by atoms with Gasteiger partial charge in [-0.1, -0.05) is 22.9 Å². The third kappa shape index (κ3) is 4.53. The molecule has 0 spiro atoms. The first-order valence-electron chi connectivity index (χ1n) is 5.33. The smallest absolute Gasteiger partial charge is 0.200 e. The van der Waals surface area contributed by atoms with E-state index in [0.717, 1.165) is 6.07 Å². The van der Waals surface area contributed by atoms with E-state index >= 15 is 0 Å². The second kappa shape index (κ2) is 6.47. The molecule has 0 N–H and O–H groups in total. The lowest BCUT2D eigenvalue weighted by molar-refractivity contribution is 0.295. The van der Waals surface area contributed by atoms with Crippen LogP contribution in [-0.4, -0.2) is 26.5 Å². The molecule has 0 fully saturated rings. The zero-order chi connectivity index (χ0) is 13.8. The standard InChI is InChI=1S/C11H13BrF2O3S/c1-2-18(15,16)5-3-4-17-10-7-8(12)6-9(13)11(10)14/h6-7H,2-5H2,1H3. The summed E-state index contributed by atoms with van der Waals surface area (Å²) in [4.78, 5) is 0. The van der Waals surface area contributed by atoms with Crippen LogP contribution >= 0.6 is 15.9 Å². The number of benzene rings is 1. The number of hydrogen-bond donors (Lipinski definition) is 0. The summed E-state index contributed by atoms with van der Waals surface area (Å²) >= 11 is 3.02. The van der Waals surface area contributed by atoms with Gasteiger partial charge in [-0.3, -0.25) is 0 Å². The molecule has 0 atom stereocenters. The van der Waals surface area contributed by atoms with Crippen LogP contribution in [0, 0.1) is 11.6 Å². The number of ether oxygens (including phenoxy) is 1. The first-order chi connectivity index (χ1) is 8.35. The fraction of sp³-hybridized carbons (Fsp3) is 0.455. The van der Waals surface area contributed by atoms with Crippen molar-refractivity contribution in [2.24, 2.45) is 0 Å². The van der Waals surface area contributed by atoms with E-state index in [0.29, 0.717) is 4.47 Å². The molecular formula is C11H13BrF2O3S. The van der Waals surface area contributed by atoms with Gasteiger partial charge in [0.05, 0.1) is 12.4 Å². The molecule has 0 aliphatic rings. The van der Waals surface area contributed by atoms with E-state index in [-0.39, 0.29) is 30.3 Å². The van der Waals surface area contributed by atoms with Gasteiger partial charge in [-0.05, 0) is 18.6 Å². The normalized spacial score (nSPS) is 11.6. The molecule has 0 aliphatic heterocycles. The van der Waals surface area contributed by atoms with Gasteiger partial charge in [-0.15, -0.1) is 0 Å². The Morgan fingerprint density at radius 2 is 2.00 bits per heavy atom. The number of halogens is 3. The summed E-state index contributed by atoms with van der Waals surface area (Å²) in [5.41, 5.74) is 0. The van der Waals surface area contributed by atoms with Gasteiger partial charge in [0.25, 0.3) is 0 Å². The van der Waals surface area contributed by atoms with Crippen LogP contribution in [0.2, 0.25) is 0 Å². The lowest BCUT2D eigenvalue weighted by Gasteiger charge is -2.08. The minimum Gasteiger partial charge on any atom is -0.490 e. The van der Waals surface area contributed by atoms with Crippen molar-refractivity contribution < 1.29 is 21.9 Å². The Labute approximate surface area is 113 Å². The summed E-state index contributed by atoms with van der Waals surface area (Å²) in [6.07, 6.45) is 0.240. The molecule has 102 valence electrons. The fourth-order valence-corrected chi connectivity index (χ4v) is 2.50. The van der Waals surface area contributed by atoms with E-state index in [2.05, 4.69) is 15.9 Å². The Kier molecular flexibility index (Phi) is 5.52. The van der Waals surface area contributed by atoms with Crippen molar-refractivity contribution in [1.82, 2.24) is 0 Å². The highest BCUT2D eigenvalue weighted by Gasteiger charge is 2.12. The third-order valence-electron chi connectivity index (χ3n) is 2.26. The van der Waals surface area contributed by atoms with Crippen molar-refractivity contribution in [3.8, 4) is 5.75 Å². The Morgan fingerprint density at radius 3 is 2.61 bits per heavy atom. The maximum Gasteiger partial charge on any atom is 0.200 e. The predicted octanol–water partition coefficient (Wildman–Crippen LogP) is 2.93. The van der Waals surface area contributed by atoms with Crippen molar-refractivity contribution >= 4 is 25.8 Å². The van der Waals surface area contributed by atoms with Crippen molar-refractivity contribution in [2.45, 2.75) is 13.3 Å². The molecule has 7 heteroatoms. The summed E-state index contributed by atoms with van der Waals surface area (Å²) < 4.78 is 54.0. The van der Waals surface area contributed by atoms with E-state index in [1.54, 1.807) is 6.92 Å². The largest absolute Gasteiger partial charge is 0.490 e. The number of sulfone groups is 1. The van der Waals surface area contributed by atoms with Crippen LogP contribution in [0.1, 0.15) is 13.3 Å². The molecule has 3 nitrogen and oxygen atoms in total. The Hall–Kier alpha value is -0.690. The number of rotatable bonds is 6. The first-order valence-corrected chi connectivity index (χ1v) is 7.95. The molecule has 1 aromatic rings. The number of hydrogen-bond acceptors (Lipinski definition) is 3. The van der Waals surface area contributed by atoms with Gasteiger partial charge >= 0.3 is 0 Å². The van der Waals surface area contributed by atoms with Gasteiger partial charge in [0.15, 0.2) is 11.6 Å². The van der Waals surface area contributed by atoms with Gasteiger partial charge in [0.1, 0.15) is 9.84 Å². The molecule has 18 heavy (non-hydrogen) atoms. The molecule has 0 saturated heterocycles. The molecule has 0 amide bonds. The molecule has 0 heterocycles. The van der Waals surface area contributed by atoms with Gasteiger partial charge in [-0.25, -0.2) is 12.8 Å². The van der Waals surface area contributed by atoms with Crippen LogP contribution in [0.15, 0.2) is 16.6 Å². The Morgan fingerprint density at radius 1 is 1.33 bits per heavy atom. The minimum absolute atomic E-state index is 0.0199. The SMILES string of the molecule is CCS(=O)(=O)CCCOc1cc(Br)cc(F)c1F. The van der Waals surface area contributed by atoms with Crippen molar-refractivity contribution in [3.63, 3.8) is 0 Å². The van der Waals surface area contributed by atoms with Crippen molar-refractivity contribution in [1.29, 1.82) is 0 Å². The average Bonchev–Trinajstić information content (AvgIpc) is 2.30. The highest BCUT2D eigenvalue weighted by atomic mass is 79.9. The Bertz CT molecular complexity index is 517. The maximum atomic E-state index is 13.3. The van der Waals surface area contributed by atoms with Crippen LogP contribution < -0.4 is 4.74 Å². The predicted molar refractivity (Wildman–Crippen MR) is 68.5 cm³/mol. The molecular weight excluding hydrogens is 330 g/mol. The lowest BCUT2D eigenvalue weighted by Crippen LogP contribution is -2.12. The monoisotopic (exact) mass is 342 g/mol. The molecule has 0 bridgehead atoms. The van der Waals surface area contributed by atoms with Gasteiger partial charge in [0, 0.05) is 10.2 Å². The van der Waals surface area contributed by atoms with E-state index in [1.165, 1.54) is 6.07 Å². The highest BCUT2D eigenvalue weighted by Crippen LogP contribution is 2.25. The summed E-state index contributed by atoms with van der Waals surface area (Å²) in [7, 11) is -3.06. The van der Waals surface area contributed by atoms with Gasteiger partial charge in [0.2, 0.25) is 5.82 Å². The van der Waals surface area contributed by atoms with E-state index in [1.807, 2.05) is 0 Å². The van der Waals surface area contributed by atoms with E-state index < -0.39 is 21.5 Å². The topological polar surface area (TPSA) is 43.4 Å². The second-order valence-corrected chi connectivity index (χ2v) is 7.03. The summed E-state index contributed by atoms with van der Waals surface area (Å²) in [5, 5.41) is 0. The molecule has 0 saturated carbocycles. The van der Waals surface area contributed by atoms with Gasteiger partial charge < -0.3 is 4.74 Å². The minimum atomic E-state index is -3.06. The Balaban J connectivity index is 2.55. The maximum absolute atomic E-state index is 13.3. The quantitative estimate of drug-likeness (QED) is 0.589. The van der Waals surface area contributed by atoms with Crippen LogP contribution in [0.5, 0.6) is 5.75 Å². The van der Waals surface area contributed by atoms with Crippen LogP contribution in [0.25, 0.3) is 0 Å². The second-order valence-electron chi connectivity index (χ2n) is 3.64. The fourth-order valence-electron chi connectivity index (χ4n) is 1.24. The van der Waals surface area contributed by atoms with E-state index in [9.17, 15) is 17.2 Å². The van der Waals surface area contributed by atoms with Gasteiger partial charge in [-0.2, -0.15) is 4.39 Å². The van der Waals surface area contributed by atoms with Crippen molar-refractivity contribution in [3.05, 3.63) is 28.2 Å². The molecule has 0 aliphatic carbocycles. The summed E-state index contributed by atoms with van der Waals surface area (Å²) in [6, 6.07) is 2.29. The summed E-state index contributed by atoms with van der Waals surface area (Å²) in [5.74, 6) is -2.28. The zero-order valence-electron chi connectivity index (χ0n) is 9.75. The lowest BCUT2D eigenvalue weighted by atomic mass is 10.3. The summed E-state index contributed by atoms with van der Waals surface area (Å²) in [6.45, 7) is 1.57. The van der Waals surface area contributed by atoms with Crippen molar-refractivity contribution in [2.75, 3.05) is 18.1 Å². The zero-order valence-corrected chi connectivity index (χ0v) is 12.2. The van der Waals surface area contributed by atoms with Crippen LogP contribution in [-0.2, 0) is 9.84 Å². The molecule has 0 unspecified atom stereocenters. The first kappa shape index (κ1) is 15.4. The highest BCUT2D eigenvalue weighted by molar-refractivity contribution is 9.10. The molecule has 0 radical (unpaired) electrons. The molecule has 0 aromatic heterocycles. The molecule has 1 rings (SSSR count). The molecule has 1 aromatic carbocycles. The van der Waals surface area contributed by atoms with Crippen LogP contribution in [0.4, 0.5) is 8.78 Å². The third-order valence-corrected chi connectivity index (χ3v) is 4.50. The average molecular weight is 343 g/mol. The van der Waals surface area contributed by atoms with Crippen LogP contribution in [0.3, 0.4) is 0 Å². The van der Waals surface area contributed by atoms with E-state index in [4.69, 9.17) is 4.74 Å².